The summed E-state index contributed by atoms with van der Waals surface area (Å²) in [4.78, 5) is 29.9. The van der Waals surface area contributed by atoms with Gasteiger partial charge < -0.3 is 10.2 Å². The standard InChI is InChI=1S/C22H33N5O2/c1-13-20(21(25-24-13)15-6-7-15)22(29)26-11-16-9-17(12-26)19(10-23-14(2)28)27-8-4-3-5-18(16)27/h15-19H,3-12H2,1-2H3,(H,23,28)(H,24,25)/t16-,17+,18+,19+/m1/s1. The van der Waals surface area contributed by atoms with E-state index in [0.717, 1.165) is 49.4 Å². The number of likely N-dealkylation sites (tertiary alicyclic amines) is 1. The fourth-order valence-electron chi connectivity index (χ4n) is 6.13. The van der Waals surface area contributed by atoms with Crippen LogP contribution >= 0.6 is 0 Å². The summed E-state index contributed by atoms with van der Waals surface area (Å²) in [6.45, 7) is 7.04. The molecule has 4 atom stereocenters. The van der Waals surface area contributed by atoms with E-state index in [4.69, 9.17) is 0 Å². The van der Waals surface area contributed by atoms with E-state index in [9.17, 15) is 9.59 Å². The Labute approximate surface area is 172 Å². The van der Waals surface area contributed by atoms with E-state index >= 15 is 0 Å². The van der Waals surface area contributed by atoms with Crippen LogP contribution in [0.5, 0.6) is 0 Å². The fourth-order valence-corrected chi connectivity index (χ4v) is 6.13. The first-order valence-electron chi connectivity index (χ1n) is 11.4. The van der Waals surface area contributed by atoms with Crippen molar-refractivity contribution in [2.45, 2.75) is 70.4 Å². The number of hydrogen-bond acceptors (Lipinski definition) is 4. The third kappa shape index (κ3) is 3.47. The molecule has 0 aromatic carbocycles. The topological polar surface area (TPSA) is 81.3 Å². The lowest BCUT2D eigenvalue weighted by Crippen LogP contribution is -2.66. The van der Waals surface area contributed by atoms with E-state index < -0.39 is 0 Å². The van der Waals surface area contributed by atoms with E-state index in [-0.39, 0.29) is 11.8 Å². The van der Waals surface area contributed by atoms with Crippen LogP contribution in [0.15, 0.2) is 0 Å². The van der Waals surface area contributed by atoms with E-state index in [1.165, 1.54) is 25.7 Å². The van der Waals surface area contributed by atoms with Crippen LogP contribution in [0.4, 0.5) is 0 Å². The molecule has 1 aromatic rings. The van der Waals surface area contributed by atoms with Gasteiger partial charge in [-0.2, -0.15) is 5.10 Å². The molecule has 4 fully saturated rings. The molecule has 5 rings (SSSR count). The van der Waals surface area contributed by atoms with Gasteiger partial charge in [-0.25, -0.2) is 0 Å². The average Bonchev–Trinajstić information content (AvgIpc) is 3.49. The lowest BCUT2D eigenvalue weighted by atomic mass is 9.72. The molecule has 0 unspecified atom stereocenters. The highest BCUT2D eigenvalue weighted by atomic mass is 16.2. The summed E-state index contributed by atoms with van der Waals surface area (Å²) in [7, 11) is 0. The van der Waals surface area contributed by atoms with Crippen LogP contribution in [0.2, 0.25) is 0 Å². The van der Waals surface area contributed by atoms with Gasteiger partial charge in [-0.05, 0) is 57.4 Å². The Kier molecular flexibility index (Phi) is 4.88. The Morgan fingerprint density at radius 3 is 2.72 bits per heavy atom. The molecule has 1 aromatic heterocycles. The molecule has 2 N–H and O–H groups in total. The number of H-pyrrole nitrogens is 1. The van der Waals surface area contributed by atoms with Crippen molar-refractivity contribution in [1.82, 2.24) is 25.3 Å². The van der Waals surface area contributed by atoms with Crippen LogP contribution in [0.3, 0.4) is 0 Å². The predicted octanol–water partition coefficient (Wildman–Crippen LogP) is 2.05. The number of carbonyl (C=O) groups is 2. The largest absolute Gasteiger partial charge is 0.355 e. The third-order valence-electron chi connectivity index (χ3n) is 7.62. The number of hydrogen-bond donors (Lipinski definition) is 2. The summed E-state index contributed by atoms with van der Waals surface area (Å²) in [5, 5.41) is 10.6. The highest BCUT2D eigenvalue weighted by molar-refractivity contribution is 5.96. The zero-order chi connectivity index (χ0) is 20.1. The van der Waals surface area contributed by atoms with E-state index in [2.05, 4.69) is 25.3 Å². The van der Waals surface area contributed by atoms with Gasteiger partial charge in [0.25, 0.3) is 5.91 Å². The van der Waals surface area contributed by atoms with Crippen molar-refractivity contribution >= 4 is 11.8 Å². The van der Waals surface area contributed by atoms with Crippen LogP contribution in [0, 0.1) is 18.8 Å². The molecule has 2 bridgehead atoms. The first-order valence-corrected chi connectivity index (χ1v) is 11.4. The SMILES string of the molecule is CC(=O)NC[C@H]1[C@H]2C[C@H](CN(C(=O)c3c(C4CC4)n[nH]c3C)C2)[C@@H]2CCCCN21. The second-order valence-electron chi connectivity index (χ2n) is 9.65. The monoisotopic (exact) mass is 399 g/mol. The van der Waals surface area contributed by atoms with Crippen LogP contribution in [0.1, 0.15) is 73.1 Å². The Bertz CT molecular complexity index is 801. The van der Waals surface area contributed by atoms with Crippen molar-refractivity contribution in [3.05, 3.63) is 17.0 Å². The maximum absolute atomic E-state index is 13.6. The number of aromatic nitrogens is 2. The lowest BCUT2D eigenvalue weighted by molar-refractivity contribution is -0.120. The molecule has 4 aliphatic rings. The zero-order valence-corrected chi connectivity index (χ0v) is 17.6. The van der Waals surface area contributed by atoms with Gasteiger partial charge in [0.1, 0.15) is 0 Å². The third-order valence-corrected chi connectivity index (χ3v) is 7.62. The van der Waals surface area contributed by atoms with Crippen LogP contribution in [-0.4, -0.2) is 70.1 Å². The van der Waals surface area contributed by atoms with Gasteiger partial charge in [0, 0.05) is 50.3 Å². The number of amides is 2. The summed E-state index contributed by atoms with van der Waals surface area (Å²) in [6, 6.07) is 0.882. The molecular weight excluding hydrogens is 366 g/mol. The second kappa shape index (κ2) is 7.42. The Morgan fingerprint density at radius 1 is 1.17 bits per heavy atom. The molecule has 1 saturated carbocycles. The smallest absolute Gasteiger partial charge is 0.257 e. The quantitative estimate of drug-likeness (QED) is 0.812. The van der Waals surface area contributed by atoms with E-state index in [0.29, 0.717) is 36.4 Å². The van der Waals surface area contributed by atoms with Gasteiger partial charge >= 0.3 is 0 Å². The van der Waals surface area contributed by atoms with Gasteiger partial charge in [-0.3, -0.25) is 19.6 Å². The van der Waals surface area contributed by atoms with Crippen LogP contribution < -0.4 is 5.32 Å². The first-order chi connectivity index (χ1) is 14.0. The van der Waals surface area contributed by atoms with Crippen molar-refractivity contribution in [2.24, 2.45) is 11.8 Å². The van der Waals surface area contributed by atoms with Gasteiger partial charge in [0.15, 0.2) is 0 Å². The van der Waals surface area contributed by atoms with Crippen molar-refractivity contribution in [2.75, 3.05) is 26.2 Å². The first kappa shape index (κ1) is 19.1. The number of rotatable bonds is 4. The van der Waals surface area contributed by atoms with Crippen molar-refractivity contribution in [3.8, 4) is 0 Å². The summed E-state index contributed by atoms with van der Waals surface area (Å²) in [5.74, 6) is 1.63. The molecule has 1 aliphatic carbocycles. The van der Waals surface area contributed by atoms with Gasteiger partial charge in [-0.15, -0.1) is 0 Å². The maximum Gasteiger partial charge on any atom is 0.257 e. The average molecular weight is 400 g/mol. The molecule has 158 valence electrons. The number of aryl methyl sites for hydroxylation is 1. The molecule has 4 heterocycles. The molecule has 2 amide bonds. The molecule has 7 nitrogen and oxygen atoms in total. The highest BCUT2D eigenvalue weighted by Crippen LogP contribution is 2.43. The minimum atomic E-state index is 0.0347. The molecule has 0 radical (unpaired) electrons. The number of fused-ring (bicyclic) bond motifs is 4. The zero-order valence-electron chi connectivity index (χ0n) is 17.6. The summed E-state index contributed by atoms with van der Waals surface area (Å²) >= 11 is 0. The number of carbonyl (C=O) groups excluding carboxylic acids is 2. The predicted molar refractivity (Wildman–Crippen MR) is 110 cm³/mol. The summed E-state index contributed by atoms with van der Waals surface area (Å²) in [5.41, 5.74) is 2.71. The van der Waals surface area contributed by atoms with E-state index in [1.807, 2.05) is 6.92 Å². The van der Waals surface area contributed by atoms with Crippen LogP contribution in [0.25, 0.3) is 0 Å². The van der Waals surface area contributed by atoms with Gasteiger partial charge in [0.05, 0.1) is 11.3 Å². The molecule has 29 heavy (non-hydrogen) atoms. The molecular formula is C22H33N5O2. The fraction of sp³-hybridized carbons (Fsp3) is 0.773. The summed E-state index contributed by atoms with van der Waals surface area (Å²) in [6.07, 6.45) is 7.20. The Balaban J connectivity index is 1.39. The minimum absolute atomic E-state index is 0.0347. The Morgan fingerprint density at radius 2 is 1.97 bits per heavy atom. The van der Waals surface area contributed by atoms with Crippen molar-refractivity contribution in [1.29, 1.82) is 0 Å². The van der Waals surface area contributed by atoms with Crippen LogP contribution in [-0.2, 0) is 4.79 Å². The van der Waals surface area contributed by atoms with Crippen molar-refractivity contribution < 1.29 is 9.59 Å². The van der Waals surface area contributed by atoms with E-state index in [1.54, 1.807) is 6.92 Å². The number of aromatic amines is 1. The molecule has 7 heteroatoms. The molecule has 3 aliphatic heterocycles. The number of piperidine rings is 3. The van der Waals surface area contributed by atoms with Gasteiger partial charge in [0.2, 0.25) is 5.91 Å². The number of nitrogens with zero attached hydrogens (tertiary/aromatic N) is 3. The maximum atomic E-state index is 13.6. The van der Waals surface area contributed by atoms with Gasteiger partial charge in [-0.1, -0.05) is 6.42 Å². The molecule has 3 saturated heterocycles. The highest BCUT2D eigenvalue weighted by Gasteiger charge is 2.48. The second-order valence-corrected chi connectivity index (χ2v) is 9.65. The normalized spacial score (nSPS) is 32.0. The minimum Gasteiger partial charge on any atom is -0.355 e. The Hall–Kier alpha value is -1.89. The summed E-state index contributed by atoms with van der Waals surface area (Å²) < 4.78 is 0. The molecule has 0 spiro atoms. The lowest BCUT2D eigenvalue weighted by Gasteiger charge is -2.56. The number of nitrogens with one attached hydrogen (secondary N) is 2. The van der Waals surface area contributed by atoms with Crippen molar-refractivity contribution in [3.63, 3.8) is 0 Å².